The highest BCUT2D eigenvalue weighted by atomic mass is 32.1. The lowest BCUT2D eigenvalue weighted by atomic mass is 10.2. The van der Waals surface area contributed by atoms with Crippen molar-refractivity contribution >= 4 is 17.2 Å². The van der Waals surface area contributed by atoms with Gasteiger partial charge in [-0.1, -0.05) is 11.8 Å². The zero-order valence-electron chi connectivity index (χ0n) is 11.9. The van der Waals surface area contributed by atoms with Gasteiger partial charge in [0.2, 0.25) is 0 Å². The first-order chi connectivity index (χ1) is 10.1. The number of hydrogen-bond acceptors (Lipinski definition) is 5. The number of nitrogens with one attached hydrogen (secondary N) is 1. The SMILES string of the molecule is Cc1cnc(CNC(=O)c2cc(C)c(C#CCN)s2)cn1. The minimum Gasteiger partial charge on any atom is -0.346 e. The van der Waals surface area contributed by atoms with E-state index in [0.29, 0.717) is 18.0 Å². The molecule has 0 unspecified atom stereocenters. The zero-order valence-corrected chi connectivity index (χ0v) is 12.8. The first-order valence-corrected chi connectivity index (χ1v) is 7.27. The Morgan fingerprint density at radius 2 is 2.19 bits per heavy atom. The van der Waals surface area contributed by atoms with Crippen molar-refractivity contribution in [1.82, 2.24) is 15.3 Å². The van der Waals surface area contributed by atoms with Gasteiger partial charge in [0.15, 0.2) is 0 Å². The number of carbonyl (C=O) groups excluding carboxylic acids is 1. The molecule has 5 nitrogen and oxygen atoms in total. The predicted octanol–water partition coefficient (Wildman–Crippen LogP) is 1.40. The summed E-state index contributed by atoms with van der Waals surface area (Å²) < 4.78 is 0. The highest BCUT2D eigenvalue weighted by Gasteiger charge is 2.11. The van der Waals surface area contributed by atoms with Gasteiger partial charge in [-0.25, -0.2) is 0 Å². The number of rotatable bonds is 3. The molecule has 0 spiro atoms. The van der Waals surface area contributed by atoms with Crippen molar-refractivity contribution in [2.75, 3.05) is 6.54 Å². The summed E-state index contributed by atoms with van der Waals surface area (Å²) in [5.74, 6) is 5.63. The number of amides is 1. The summed E-state index contributed by atoms with van der Waals surface area (Å²) in [6.07, 6.45) is 3.34. The number of aromatic nitrogens is 2. The molecule has 0 atom stereocenters. The van der Waals surface area contributed by atoms with E-state index in [0.717, 1.165) is 21.8 Å². The molecular weight excluding hydrogens is 284 g/mol. The van der Waals surface area contributed by atoms with Gasteiger partial charge in [0, 0.05) is 6.20 Å². The zero-order chi connectivity index (χ0) is 15.2. The second-order valence-corrected chi connectivity index (χ2v) is 5.51. The monoisotopic (exact) mass is 300 g/mol. The predicted molar refractivity (Wildman–Crippen MR) is 82.9 cm³/mol. The summed E-state index contributed by atoms with van der Waals surface area (Å²) in [5, 5.41) is 2.83. The summed E-state index contributed by atoms with van der Waals surface area (Å²) in [6.45, 7) is 4.46. The molecule has 0 aromatic carbocycles. The third-order valence-corrected chi connectivity index (χ3v) is 3.86. The average Bonchev–Trinajstić information content (AvgIpc) is 2.85. The van der Waals surface area contributed by atoms with Crippen molar-refractivity contribution in [3.05, 3.63) is 45.2 Å². The van der Waals surface area contributed by atoms with E-state index in [-0.39, 0.29) is 5.91 Å². The minimum atomic E-state index is -0.133. The van der Waals surface area contributed by atoms with Crippen LogP contribution in [0.4, 0.5) is 0 Å². The Hall–Kier alpha value is -2.23. The van der Waals surface area contributed by atoms with Gasteiger partial charge < -0.3 is 11.1 Å². The van der Waals surface area contributed by atoms with Crippen LogP contribution in [0, 0.1) is 25.7 Å². The molecule has 1 amide bonds. The third kappa shape index (κ3) is 4.12. The van der Waals surface area contributed by atoms with Gasteiger partial charge in [0.1, 0.15) is 0 Å². The number of nitrogens with two attached hydrogens (primary N) is 1. The Labute approximate surface area is 127 Å². The van der Waals surface area contributed by atoms with E-state index in [4.69, 9.17) is 5.73 Å². The molecule has 0 aliphatic heterocycles. The molecule has 21 heavy (non-hydrogen) atoms. The molecule has 0 bridgehead atoms. The van der Waals surface area contributed by atoms with Crippen molar-refractivity contribution in [2.45, 2.75) is 20.4 Å². The number of thiophene rings is 1. The summed E-state index contributed by atoms with van der Waals surface area (Å²) >= 11 is 1.37. The lowest BCUT2D eigenvalue weighted by molar-refractivity contribution is 0.0954. The average molecular weight is 300 g/mol. The number of nitrogens with zero attached hydrogens (tertiary/aromatic N) is 2. The second kappa shape index (κ2) is 6.97. The molecule has 0 aliphatic rings. The van der Waals surface area contributed by atoms with Crippen LogP contribution in [0.5, 0.6) is 0 Å². The van der Waals surface area contributed by atoms with Gasteiger partial charge in [-0.05, 0) is 25.5 Å². The maximum absolute atomic E-state index is 12.1. The van der Waals surface area contributed by atoms with Crippen LogP contribution in [-0.2, 0) is 6.54 Å². The van der Waals surface area contributed by atoms with Crippen molar-refractivity contribution in [1.29, 1.82) is 0 Å². The summed E-state index contributed by atoms with van der Waals surface area (Å²) in [7, 11) is 0. The van der Waals surface area contributed by atoms with Crippen LogP contribution in [0.1, 0.15) is 31.5 Å². The van der Waals surface area contributed by atoms with Crippen molar-refractivity contribution in [3.63, 3.8) is 0 Å². The molecule has 6 heteroatoms. The molecule has 3 N–H and O–H groups in total. The fraction of sp³-hybridized carbons (Fsp3) is 0.267. The molecule has 0 radical (unpaired) electrons. The minimum absolute atomic E-state index is 0.133. The van der Waals surface area contributed by atoms with E-state index < -0.39 is 0 Å². The van der Waals surface area contributed by atoms with Crippen molar-refractivity contribution in [2.24, 2.45) is 5.73 Å². The van der Waals surface area contributed by atoms with E-state index >= 15 is 0 Å². The molecule has 2 heterocycles. The lowest BCUT2D eigenvalue weighted by Crippen LogP contribution is -2.22. The maximum atomic E-state index is 12.1. The molecule has 0 fully saturated rings. The van der Waals surface area contributed by atoms with Gasteiger partial charge in [-0.2, -0.15) is 0 Å². The fourth-order valence-corrected chi connectivity index (χ4v) is 2.58. The van der Waals surface area contributed by atoms with E-state index in [1.165, 1.54) is 11.3 Å². The topological polar surface area (TPSA) is 80.9 Å². The largest absolute Gasteiger partial charge is 0.346 e. The van der Waals surface area contributed by atoms with Crippen LogP contribution in [0.15, 0.2) is 18.5 Å². The van der Waals surface area contributed by atoms with Gasteiger partial charge in [-0.15, -0.1) is 11.3 Å². The van der Waals surface area contributed by atoms with Gasteiger partial charge >= 0.3 is 0 Å². The first-order valence-electron chi connectivity index (χ1n) is 6.45. The standard InChI is InChI=1S/C15H16N4OS/c1-10-6-14(21-13(10)4-3-5-16)15(20)19-9-12-8-17-11(2)7-18-12/h6-8H,5,9,16H2,1-2H3,(H,19,20). The summed E-state index contributed by atoms with van der Waals surface area (Å²) in [4.78, 5) is 21.9. The Morgan fingerprint density at radius 3 is 2.86 bits per heavy atom. The molecule has 108 valence electrons. The Kier molecular flexibility index (Phi) is 5.04. The quantitative estimate of drug-likeness (QED) is 0.840. The third-order valence-electron chi connectivity index (χ3n) is 2.71. The highest BCUT2D eigenvalue weighted by molar-refractivity contribution is 7.14. The molecule has 2 rings (SSSR count). The molecule has 0 saturated heterocycles. The smallest absolute Gasteiger partial charge is 0.261 e. The molecule has 2 aromatic heterocycles. The van der Waals surface area contributed by atoms with Gasteiger partial charge in [0.25, 0.3) is 5.91 Å². The van der Waals surface area contributed by atoms with Crippen molar-refractivity contribution < 1.29 is 4.79 Å². The Balaban J connectivity index is 2.02. The molecule has 2 aromatic rings. The highest BCUT2D eigenvalue weighted by Crippen LogP contribution is 2.20. The Morgan fingerprint density at radius 1 is 1.38 bits per heavy atom. The first kappa shape index (κ1) is 15.2. The van der Waals surface area contributed by atoms with E-state index in [1.807, 2.05) is 19.9 Å². The molecular formula is C15H16N4OS. The van der Waals surface area contributed by atoms with Crippen LogP contribution in [0.25, 0.3) is 0 Å². The number of carbonyl (C=O) groups is 1. The van der Waals surface area contributed by atoms with Gasteiger partial charge in [-0.3, -0.25) is 14.8 Å². The van der Waals surface area contributed by atoms with Crippen LogP contribution in [-0.4, -0.2) is 22.4 Å². The van der Waals surface area contributed by atoms with E-state index in [9.17, 15) is 4.79 Å². The Bertz CT molecular complexity index is 695. The van der Waals surface area contributed by atoms with Crippen LogP contribution >= 0.6 is 11.3 Å². The second-order valence-electron chi connectivity index (χ2n) is 4.46. The summed E-state index contributed by atoms with van der Waals surface area (Å²) in [5.41, 5.74) is 7.92. The number of hydrogen-bond donors (Lipinski definition) is 2. The normalized spacial score (nSPS) is 9.86. The molecule has 0 aliphatic carbocycles. The molecule has 0 saturated carbocycles. The summed E-state index contributed by atoms with van der Waals surface area (Å²) in [6, 6.07) is 1.83. The maximum Gasteiger partial charge on any atom is 0.261 e. The van der Waals surface area contributed by atoms with Crippen molar-refractivity contribution in [3.8, 4) is 11.8 Å². The number of aryl methyl sites for hydroxylation is 2. The lowest BCUT2D eigenvalue weighted by Gasteiger charge is -2.02. The van der Waals surface area contributed by atoms with Gasteiger partial charge in [0.05, 0.1) is 40.4 Å². The van der Waals surface area contributed by atoms with Crippen LogP contribution in [0.2, 0.25) is 0 Å². The van der Waals surface area contributed by atoms with Crippen LogP contribution in [0.3, 0.4) is 0 Å². The van der Waals surface area contributed by atoms with E-state index in [1.54, 1.807) is 12.4 Å². The fourth-order valence-electron chi connectivity index (χ4n) is 1.62. The van der Waals surface area contributed by atoms with E-state index in [2.05, 4.69) is 27.1 Å². The van der Waals surface area contributed by atoms with Crippen LogP contribution < -0.4 is 11.1 Å².